The van der Waals surface area contributed by atoms with E-state index in [0.717, 1.165) is 17.5 Å². The predicted octanol–water partition coefficient (Wildman–Crippen LogP) is 1.06. The maximum atomic E-state index is 6.07. The third-order valence-corrected chi connectivity index (χ3v) is 2.35. The van der Waals surface area contributed by atoms with E-state index in [4.69, 9.17) is 5.73 Å². The maximum Gasteiger partial charge on any atom is 0.0522 e. The van der Waals surface area contributed by atoms with Crippen LogP contribution in [0.5, 0.6) is 0 Å². The van der Waals surface area contributed by atoms with Crippen LogP contribution in [0.25, 0.3) is 0 Å². The van der Waals surface area contributed by atoms with Crippen molar-refractivity contribution >= 4 is 0 Å². The fourth-order valence-corrected chi connectivity index (χ4v) is 1.56. The molecule has 2 aromatic rings. The van der Waals surface area contributed by atoms with Gasteiger partial charge in [0.1, 0.15) is 0 Å². The quantitative estimate of drug-likeness (QED) is 0.809. The number of nitrogens with two attached hydrogens (primary N) is 1. The zero-order chi connectivity index (χ0) is 10.7. The summed E-state index contributed by atoms with van der Waals surface area (Å²) >= 11 is 0. The molecule has 78 valence electrons. The van der Waals surface area contributed by atoms with Crippen LogP contribution in [0.1, 0.15) is 17.2 Å². The number of hydrogen-bond donors (Lipinski definition) is 1. The van der Waals surface area contributed by atoms with Gasteiger partial charge in [0.15, 0.2) is 0 Å². The summed E-state index contributed by atoms with van der Waals surface area (Å²) in [5, 5.41) is 4.11. The first kappa shape index (κ1) is 9.86. The van der Waals surface area contributed by atoms with Gasteiger partial charge in [-0.25, -0.2) is 0 Å². The zero-order valence-corrected chi connectivity index (χ0v) is 8.67. The van der Waals surface area contributed by atoms with Crippen molar-refractivity contribution < 1.29 is 0 Å². The molecule has 0 spiro atoms. The highest BCUT2D eigenvalue weighted by Crippen LogP contribution is 2.14. The van der Waals surface area contributed by atoms with Crippen LogP contribution in [0.4, 0.5) is 0 Å². The van der Waals surface area contributed by atoms with Gasteiger partial charge in [-0.15, -0.1) is 0 Å². The molecule has 2 aromatic heterocycles. The first-order valence-corrected chi connectivity index (χ1v) is 4.89. The maximum absolute atomic E-state index is 6.07. The van der Waals surface area contributed by atoms with Gasteiger partial charge in [-0.1, -0.05) is 0 Å². The molecule has 4 nitrogen and oxygen atoms in total. The summed E-state index contributed by atoms with van der Waals surface area (Å²) in [5.41, 5.74) is 8.33. The van der Waals surface area contributed by atoms with E-state index in [1.807, 2.05) is 31.6 Å². The minimum absolute atomic E-state index is 0.0113. The van der Waals surface area contributed by atoms with E-state index < -0.39 is 0 Å². The molecular formula is C11H14N4. The molecule has 2 heterocycles. The fourth-order valence-electron chi connectivity index (χ4n) is 1.56. The standard InChI is InChI=1S/C11H14N4/c1-15-8-9(7-14-15)6-11(12)10-2-4-13-5-3-10/h2-5,7-8,11H,6,12H2,1H3. The largest absolute Gasteiger partial charge is 0.324 e. The Kier molecular flexibility index (Phi) is 2.78. The van der Waals surface area contributed by atoms with E-state index in [9.17, 15) is 0 Å². The summed E-state index contributed by atoms with van der Waals surface area (Å²) in [6, 6.07) is 3.90. The summed E-state index contributed by atoms with van der Waals surface area (Å²) < 4.78 is 1.79. The number of pyridine rings is 1. The van der Waals surface area contributed by atoms with Crippen LogP contribution >= 0.6 is 0 Å². The zero-order valence-electron chi connectivity index (χ0n) is 8.67. The van der Waals surface area contributed by atoms with Crippen molar-refractivity contribution in [2.75, 3.05) is 0 Å². The van der Waals surface area contributed by atoms with Gasteiger partial charge in [-0.05, 0) is 29.7 Å². The van der Waals surface area contributed by atoms with Crippen LogP contribution in [0, 0.1) is 0 Å². The highest BCUT2D eigenvalue weighted by molar-refractivity contribution is 5.18. The summed E-state index contributed by atoms with van der Waals surface area (Å²) in [7, 11) is 1.90. The second-order valence-electron chi connectivity index (χ2n) is 3.61. The van der Waals surface area contributed by atoms with E-state index in [0.29, 0.717) is 0 Å². The highest BCUT2D eigenvalue weighted by Gasteiger charge is 2.07. The van der Waals surface area contributed by atoms with Gasteiger partial charge in [0.05, 0.1) is 6.20 Å². The van der Waals surface area contributed by atoms with Crippen LogP contribution in [0.3, 0.4) is 0 Å². The van der Waals surface area contributed by atoms with E-state index >= 15 is 0 Å². The summed E-state index contributed by atoms with van der Waals surface area (Å²) in [6.07, 6.45) is 8.16. The number of aryl methyl sites for hydroxylation is 1. The van der Waals surface area contributed by atoms with Gasteiger partial charge >= 0.3 is 0 Å². The molecule has 2 rings (SSSR count). The van der Waals surface area contributed by atoms with Crippen molar-refractivity contribution in [3.8, 4) is 0 Å². The minimum Gasteiger partial charge on any atom is -0.324 e. The van der Waals surface area contributed by atoms with Gasteiger partial charge in [0.25, 0.3) is 0 Å². The molecule has 1 atom stereocenters. The molecule has 15 heavy (non-hydrogen) atoms. The van der Waals surface area contributed by atoms with E-state index in [1.165, 1.54) is 0 Å². The molecule has 0 amide bonds. The van der Waals surface area contributed by atoms with Crippen molar-refractivity contribution in [3.63, 3.8) is 0 Å². The Balaban J connectivity index is 2.07. The molecule has 1 unspecified atom stereocenters. The Morgan fingerprint density at radius 2 is 2.13 bits per heavy atom. The van der Waals surface area contributed by atoms with Gasteiger partial charge in [-0.3, -0.25) is 9.67 Å². The molecule has 0 saturated heterocycles. The van der Waals surface area contributed by atoms with Crippen molar-refractivity contribution in [2.24, 2.45) is 12.8 Å². The normalized spacial score (nSPS) is 12.7. The van der Waals surface area contributed by atoms with Crippen molar-refractivity contribution in [3.05, 3.63) is 48.0 Å². The van der Waals surface area contributed by atoms with E-state index in [-0.39, 0.29) is 6.04 Å². The Bertz CT molecular complexity index is 421. The number of rotatable bonds is 3. The van der Waals surface area contributed by atoms with Gasteiger partial charge in [0.2, 0.25) is 0 Å². The molecule has 0 aliphatic heterocycles. The van der Waals surface area contributed by atoms with Crippen LogP contribution in [0.2, 0.25) is 0 Å². The molecule has 0 saturated carbocycles. The Labute approximate surface area is 88.8 Å². The third-order valence-electron chi connectivity index (χ3n) is 2.35. The van der Waals surface area contributed by atoms with Crippen molar-refractivity contribution in [1.82, 2.24) is 14.8 Å². The average molecular weight is 202 g/mol. The van der Waals surface area contributed by atoms with Crippen molar-refractivity contribution in [1.29, 1.82) is 0 Å². The highest BCUT2D eigenvalue weighted by atomic mass is 15.2. The molecule has 0 fully saturated rings. The number of aromatic nitrogens is 3. The van der Waals surface area contributed by atoms with Gasteiger partial charge in [-0.2, -0.15) is 5.10 Å². The van der Waals surface area contributed by atoms with Crippen LogP contribution in [0.15, 0.2) is 36.9 Å². The smallest absolute Gasteiger partial charge is 0.0522 e. The molecular weight excluding hydrogens is 188 g/mol. The summed E-state index contributed by atoms with van der Waals surface area (Å²) in [4.78, 5) is 3.97. The average Bonchev–Trinajstić information content (AvgIpc) is 2.65. The molecule has 2 N–H and O–H groups in total. The third kappa shape index (κ3) is 2.41. The fraction of sp³-hybridized carbons (Fsp3) is 0.273. The first-order valence-electron chi connectivity index (χ1n) is 4.89. The molecule has 0 aromatic carbocycles. The monoisotopic (exact) mass is 202 g/mol. The Morgan fingerprint density at radius 1 is 1.40 bits per heavy atom. The second-order valence-corrected chi connectivity index (χ2v) is 3.61. The van der Waals surface area contributed by atoms with Crippen molar-refractivity contribution in [2.45, 2.75) is 12.5 Å². The molecule has 0 aliphatic rings. The summed E-state index contributed by atoms with van der Waals surface area (Å²) in [5.74, 6) is 0. The summed E-state index contributed by atoms with van der Waals surface area (Å²) in [6.45, 7) is 0. The van der Waals surface area contributed by atoms with Crippen LogP contribution < -0.4 is 5.73 Å². The number of hydrogen-bond acceptors (Lipinski definition) is 3. The first-order chi connectivity index (χ1) is 7.25. The van der Waals surface area contributed by atoms with Gasteiger partial charge in [0, 0.05) is 31.7 Å². The van der Waals surface area contributed by atoms with Crippen LogP contribution in [-0.2, 0) is 13.5 Å². The molecule has 0 aliphatic carbocycles. The number of nitrogens with zero attached hydrogens (tertiary/aromatic N) is 3. The lowest BCUT2D eigenvalue weighted by atomic mass is 10.0. The Morgan fingerprint density at radius 3 is 2.73 bits per heavy atom. The lowest BCUT2D eigenvalue weighted by Gasteiger charge is -2.09. The van der Waals surface area contributed by atoms with E-state index in [1.54, 1.807) is 17.1 Å². The lowest BCUT2D eigenvalue weighted by molar-refractivity contribution is 0.718. The van der Waals surface area contributed by atoms with E-state index in [2.05, 4.69) is 10.1 Å². The topological polar surface area (TPSA) is 56.7 Å². The molecule has 4 heteroatoms. The van der Waals surface area contributed by atoms with Crippen LogP contribution in [-0.4, -0.2) is 14.8 Å². The SMILES string of the molecule is Cn1cc(CC(N)c2ccncc2)cn1. The minimum atomic E-state index is 0.0113. The lowest BCUT2D eigenvalue weighted by Crippen LogP contribution is -2.12. The van der Waals surface area contributed by atoms with Gasteiger partial charge < -0.3 is 5.73 Å². The molecule has 0 radical (unpaired) electrons. The Hall–Kier alpha value is -1.68. The predicted molar refractivity (Wildman–Crippen MR) is 58.1 cm³/mol. The molecule has 0 bridgehead atoms. The second kappa shape index (κ2) is 4.23.